The lowest BCUT2D eigenvalue weighted by atomic mass is 10.0. The van der Waals surface area contributed by atoms with Gasteiger partial charge in [0.05, 0.1) is 12.0 Å². The summed E-state index contributed by atoms with van der Waals surface area (Å²) in [5.41, 5.74) is -0.789. The number of halogens is 3. The van der Waals surface area contributed by atoms with E-state index in [-0.39, 0.29) is 32.4 Å². The van der Waals surface area contributed by atoms with Crippen molar-refractivity contribution in [3.8, 4) is 5.88 Å². The standard InChI is InChI=1S/C19H26F3N3O3/c20-19(21,22)18(4-5-18)6-8-24-17(26)25-12-15-1-7-23-16(11-15)28-13-14-2-9-27-10-3-14/h1,7,11,14H,2-6,8-10,12-13H2,(H2,24,25,26). The molecule has 0 atom stereocenters. The maximum atomic E-state index is 12.9. The molecule has 2 N–H and O–H groups in total. The molecule has 2 heterocycles. The molecular weight excluding hydrogens is 375 g/mol. The first kappa shape index (κ1) is 20.7. The van der Waals surface area contributed by atoms with Gasteiger partial charge in [-0.15, -0.1) is 0 Å². The minimum absolute atomic E-state index is 0.00114. The molecule has 9 heteroatoms. The van der Waals surface area contributed by atoms with Gasteiger partial charge in [-0.2, -0.15) is 13.2 Å². The van der Waals surface area contributed by atoms with Gasteiger partial charge in [-0.05, 0) is 49.7 Å². The molecule has 0 radical (unpaired) electrons. The topological polar surface area (TPSA) is 72.5 Å². The van der Waals surface area contributed by atoms with Crippen LogP contribution in [0.2, 0.25) is 0 Å². The van der Waals surface area contributed by atoms with Crippen molar-refractivity contribution in [2.24, 2.45) is 11.3 Å². The number of hydrogen-bond acceptors (Lipinski definition) is 4. The molecule has 1 aliphatic carbocycles. The smallest absolute Gasteiger partial charge is 0.394 e. The van der Waals surface area contributed by atoms with Crippen LogP contribution in [0.15, 0.2) is 18.3 Å². The molecule has 0 bridgehead atoms. The van der Waals surface area contributed by atoms with Crippen molar-refractivity contribution < 1.29 is 27.4 Å². The number of nitrogens with one attached hydrogen (secondary N) is 2. The summed E-state index contributed by atoms with van der Waals surface area (Å²) in [6.45, 7) is 2.33. The van der Waals surface area contributed by atoms with Crippen LogP contribution in [-0.4, -0.2) is 43.6 Å². The summed E-state index contributed by atoms with van der Waals surface area (Å²) in [4.78, 5) is 16.0. The van der Waals surface area contributed by atoms with Crippen molar-refractivity contribution in [3.05, 3.63) is 23.9 Å². The van der Waals surface area contributed by atoms with E-state index < -0.39 is 17.6 Å². The van der Waals surface area contributed by atoms with E-state index in [1.54, 1.807) is 18.3 Å². The second-order valence-electron chi connectivity index (χ2n) is 7.51. The minimum atomic E-state index is -4.19. The number of hydrogen-bond donors (Lipinski definition) is 2. The fraction of sp³-hybridized carbons (Fsp3) is 0.684. The van der Waals surface area contributed by atoms with Crippen LogP contribution in [0.4, 0.5) is 18.0 Å². The molecule has 3 rings (SSSR count). The molecule has 0 spiro atoms. The van der Waals surface area contributed by atoms with Crippen molar-refractivity contribution in [2.45, 2.75) is 44.8 Å². The molecule has 28 heavy (non-hydrogen) atoms. The summed E-state index contributed by atoms with van der Waals surface area (Å²) in [6.07, 6.45) is -0.434. The zero-order valence-electron chi connectivity index (χ0n) is 15.7. The Kier molecular flexibility index (Phi) is 6.64. The Hall–Kier alpha value is -2.03. The number of alkyl halides is 3. The summed E-state index contributed by atoms with van der Waals surface area (Å²) in [5, 5.41) is 5.14. The highest BCUT2D eigenvalue weighted by Gasteiger charge is 2.62. The van der Waals surface area contributed by atoms with Crippen LogP contribution >= 0.6 is 0 Å². The van der Waals surface area contributed by atoms with Crippen molar-refractivity contribution in [3.63, 3.8) is 0 Å². The third kappa shape index (κ3) is 5.73. The van der Waals surface area contributed by atoms with Gasteiger partial charge < -0.3 is 20.1 Å². The number of pyridine rings is 1. The molecule has 6 nitrogen and oxygen atoms in total. The molecule has 2 amide bonds. The van der Waals surface area contributed by atoms with Crippen LogP contribution in [-0.2, 0) is 11.3 Å². The Morgan fingerprint density at radius 2 is 2.04 bits per heavy atom. The van der Waals surface area contributed by atoms with Gasteiger partial charge in [0.1, 0.15) is 0 Å². The average molecular weight is 401 g/mol. The van der Waals surface area contributed by atoms with E-state index in [2.05, 4.69) is 15.6 Å². The van der Waals surface area contributed by atoms with Gasteiger partial charge in [-0.25, -0.2) is 9.78 Å². The predicted molar refractivity (Wildman–Crippen MR) is 95.9 cm³/mol. The van der Waals surface area contributed by atoms with Gasteiger partial charge in [0.2, 0.25) is 5.88 Å². The SMILES string of the molecule is O=C(NCCC1(C(F)(F)F)CC1)NCc1ccnc(OCC2CCOCC2)c1. The van der Waals surface area contributed by atoms with Gasteiger partial charge >= 0.3 is 12.2 Å². The van der Waals surface area contributed by atoms with Crippen LogP contribution in [0, 0.1) is 11.3 Å². The lowest BCUT2D eigenvalue weighted by Crippen LogP contribution is -2.37. The number of urea groups is 1. The van der Waals surface area contributed by atoms with Crippen LogP contribution < -0.4 is 15.4 Å². The van der Waals surface area contributed by atoms with Gasteiger partial charge in [0.15, 0.2) is 0 Å². The molecule has 1 saturated heterocycles. The summed E-state index contributed by atoms with van der Waals surface area (Å²) in [5.74, 6) is 0.946. The van der Waals surface area contributed by atoms with Gasteiger partial charge in [-0.1, -0.05) is 0 Å². The first-order valence-electron chi connectivity index (χ1n) is 9.62. The summed E-state index contributed by atoms with van der Waals surface area (Å²) >= 11 is 0. The van der Waals surface area contributed by atoms with E-state index in [9.17, 15) is 18.0 Å². The molecule has 1 saturated carbocycles. The molecule has 1 aliphatic heterocycles. The third-order valence-corrected chi connectivity index (χ3v) is 5.40. The zero-order valence-corrected chi connectivity index (χ0v) is 15.7. The average Bonchev–Trinajstić information content (AvgIpc) is 3.47. The van der Waals surface area contributed by atoms with E-state index in [0.29, 0.717) is 18.4 Å². The van der Waals surface area contributed by atoms with E-state index in [1.165, 1.54) is 0 Å². The predicted octanol–water partition coefficient (Wildman–Crippen LogP) is 3.42. The molecular formula is C19H26F3N3O3. The van der Waals surface area contributed by atoms with Crippen LogP contribution in [0.1, 0.15) is 37.7 Å². The fourth-order valence-corrected chi connectivity index (χ4v) is 3.24. The van der Waals surface area contributed by atoms with Gasteiger partial charge in [0.25, 0.3) is 0 Å². The number of rotatable bonds is 8. The lowest BCUT2D eigenvalue weighted by Gasteiger charge is -2.21. The number of carbonyl (C=O) groups excluding carboxylic acids is 1. The second-order valence-corrected chi connectivity index (χ2v) is 7.51. The van der Waals surface area contributed by atoms with Crippen molar-refractivity contribution in [2.75, 3.05) is 26.4 Å². The summed E-state index contributed by atoms with van der Waals surface area (Å²) in [7, 11) is 0. The second kappa shape index (κ2) is 8.98. The van der Waals surface area contributed by atoms with E-state index >= 15 is 0 Å². The third-order valence-electron chi connectivity index (χ3n) is 5.40. The minimum Gasteiger partial charge on any atom is -0.477 e. The van der Waals surface area contributed by atoms with Crippen LogP contribution in [0.25, 0.3) is 0 Å². The highest BCUT2D eigenvalue weighted by molar-refractivity contribution is 5.73. The van der Waals surface area contributed by atoms with Crippen LogP contribution in [0.5, 0.6) is 5.88 Å². The van der Waals surface area contributed by atoms with Crippen LogP contribution in [0.3, 0.4) is 0 Å². The Bertz CT molecular complexity index is 659. The van der Waals surface area contributed by atoms with Gasteiger partial charge in [-0.3, -0.25) is 0 Å². The summed E-state index contributed by atoms with van der Waals surface area (Å²) in [6, 6.07) is 3.02. The quantitative estimate of drug-likeness (QED) is 0.700. The first-order chi connectivity index (χ1) is 13.4. The number of amides is 2. The molecule has 1 aromatic heterocycles. The Labute approximate surface area is 162 Å². The lowest BCUT2D eigenvalue weighted by molar-refractivity contribution is -0.188. The maximum absolute atomic E-state index is 12.9. The van der Waals surface area contributed by atoms with Crippen molar-refractivity contribution in [1.82, 2.24) is 15.6 Å². The molecule has 0 aromatic carbocycles. The Morgan fingerprint density at radius 1 is 1.29 bits per heavy atom. The maximum Gasteiger partial charge on any atom is 0.394 e. The largest absolute Gasteiger partial charge is 0.477 e. The van der Waals surface area contributed by atoms with Gasteiger partial charge in [0, 0.05) is 38.6 Å². The van der Waals surface area contributed by atoms with Crippen molar-refractivity contribution in [1.29, 1.82) is 0 Å². The Morgan fingerprint density at radius 3 is 2.71 bits per heavy atom. The van der Waals surface area contributed by atoms with E-state index in [1.807, 2.05) is 0 Å². The molecule has 156 valence electrons. The normalized spacial score (nSPS) is 19.1. The summed E-state index contributed by atoms with van der Waals surface area (Å²) < 4.78 is 49.6. The number of carbonyl (C=O) groups is 1. The highest BCUT2D eigenvalue weighted by atomic mass is 19.4. The molecule has 0 unspecified atom stereocenters. The Balaban J connectivity index is 1.36. The zero-order chi connectivity index (χ0) is 20.0. The molecule has 1 aromatic rings. The first-order valence-corrected chi connectivity index (χ1v) is 9.62. The van der Waals surface area contributed by atoms with Crippen molar-refractivity contribution >= 4 is 6.03 Å². The van der Waals surface area contributed by atoms with E-state index in [0.717, 1.165) is 31.6 Å². The number of aromatic nitrogens is 1. The van der Waals surface area contributed by atoms with E-state index in [4.69, 9.17) is 9.47 Å². The number of nitrogens with zero attached hydrogens (tertiary/aromatic N) is 1. The monoisotopic (exact) mass is 401 g/mol. The number of ether oxygens (including phenoxy) is 2. The fourth-order valence-electron chi connectivity index (χ4n) is 3.24. The molecule has 2 aliphatic rings. The molecule has 2 fully saturated rings. The highest BCUT2D eigenvalue weighted by Crippen LogP contribution is 2.59.